The van der Waals surface area contributed by atoms with Crippen LogP contribution in [0.1, 0.15) is 12.8 Å². The molecular weight excluding hydrogens is 587 g/mol. The summed E-state index contributed by atoms with van der Waals surface area (Å²) in [4.78, 5) is 0. The van der Waals surface area contributed by atoms with Crippen molar-refractivity contribution in [2.75, 3.05) is 0 Å². The van der Waals surface area contributed by atoms with Crippen LogP contribution < -0.4 is 0 Å². The van der Waals surface area contributed by atoms with Crippen molar-refractivity contribution in [2.24, 2.45) is 14.1 Å². The fourth-order valence-electron chi connectivity index (χ4n) is 0.832. The maximum Gasteiger partial charge on any atom is 0.0311 e. The Morgan fingerprint density at radius 1 is 1.29 bits per heavy atom. The van der Waals surface area contributed by atoms with E-state index in [1.165, 1.54) is 16.6 Å². The van der Waals surface area contributed by atoms with Gasteiger partial charge >= 0.3 is 58.8 Å². The molecule has 1 fully saturated rings. The van der Waals surface area contributed by atoms with Crippen LogP contribution in [0.4, 0.5) is 0 Å². The molecule has 0 atom stereocenters. The third-order valence-electron chi connectivity index (χ3n) is 1.88. The van der Waals surface area contributed by atoms with Gasteiger partial charge in [0.1, 0.15) is 0 Å². The first-order valence-electron chi connectivity index (χ1n) is 4.26. The molecule has 0 saturated heterocycles. The number of aryl methyl sites for hydroxylation is 2. The summed E-state index contributed by atoms with van der Waals surface area (Å²) < 4.78 is 7.60. The maximum atomic E-state index is 2.31. The van der Waals surface area contributed by atoms with E-state index in [0.717, 1.165) is 6.04 Å². The van der Waals surface area contributed by atoms with Gasteiger partial charge in [-0.15, -0.1) is 0 Å². The molecule has 1 heterocycles. The van der Waals surface area contributed by atoms with Crippen LogP contribution in [-0.4, -0.2) is 16.5 Å². The minimum Gasteiger partial charge on any atom is -0.185 e. The number of rotatable bonds is 1. The van der Waals surface area contributed by atoms with Crippen molar-refractivity contribution >= 4 is 45.7 Å². The molecule has 1 aromatic rings. The van der Waals surface area contributed by atoms with Crippen molar-refractivity contribution < 1.29 is 19.4 Å². The largest absolute Gasteiger partial charge is 0.185 e. The Hall–Kier alpha value is 1.32. The molecule has 3 nitrogen and oxygen atoms in total. The van der Waals surface area contributed by atoms with Crippen LogP contribution in [0, 0.1) is 3.80 Å². The third-order valence-corrected chi connectivity index (χ3v) is 5.05. The SMILES string of the molecule is Cn1ccn(C)[c]1=[Pt].IN(I)C1CC1. The number of aromatic nitrogens is 2. The molecule has 1 saturated carbocycles. The van der Waals surface area contributed by atoms with E-state index in [4.69, 9.17) is 0 Å². The Kier molecular flexibility index (Phi) is 5.88. The molecule has 84 valence electrons. The molecule has 0 aliphatic heterocycles. The summed E-state index contributed by atoms with van der Waals surface area (Å²) in [7, 11) is 4.06. The van der Waals surface area contributed by atoms with Gasteiger partial charge in [0.2, 0.25) is 0 Å². The second kappa shape index (κ2) is 6.15. The first-order valence-corrected chi connectivity index (χ1v) is 7.33. The van der Waals surface area contributed by atoms with Gasteiger partial charge in [0, 0.05) is 51.8 Å². The fraction of sp³-hybridized carbons (Fsp3) is 0.625. The molecule has 0 bridgehead atoms. The van der Waals surface area contributed by atoms with Crippen LogP contribution in [0.5, 0.6) is 0 Å². The van der Waals surface area contributed by atoms with Crippen molar-refractivity contribution in [1.82, 2.24) is 10.5 Å². The van der Waals surface area contributed by atoms with Gasteiger partial charge in [-0.1, -0.05) is 0 Å². The zero-order chi connectivity index (χ0) is 10.7. The zero-order valence-corrected chi connectivity index (χ0v) is 14.6. The summed E-state index contributed by atoms with van der Waals surface area (Å²) in [5, 5.41) is 0. The summed E-state index contributed by atoms with van der Waals surface area (Å²) in [5.41, 5.74) is 0. The second-order valence-corrected chi connectivity index (χ2v) is 8.19. The normalized spacial score (nSPS) is 15.4. The van der Waals surface area contributed by atoms with Gasteiger partial charge in [-0.05, 0) is 12.8 Å². The minimum atomic E-state index is 0.909. The molecule has 2 rings (SSSR count). The molecule has 0 spiro atoms. The van der Waals surface area contributed by atoms with Crippen molar-refractivity contribution in [1.29, 1.82) is 0 Å². The summed E-state index contributed by atoms with van der Waals surface area (Å²) in [6, 6.07) is 0.909. The molecule has 0 unspecified atom stereocenters. The summed E-state index contributed by atoms with van der Waals surface area (Å²) >= 11 is 6.90. The Balaban J connectivity index is 0.000000146. The third kappa shape index (κ3) is 4.45. The molecule has 1 aliphatic carbocycles. The Bertz CT molecular complexity index is 318. The van der Waals surface area contributed by atoms with E-state index in [2.05, 4.69) is 75.5 Å². The number of nitrogens with zero attached hydrogens (tertiary/aromatic N) is 3. The van der Waals surface area contributed by atoms with Crippen molar-refractivity contribution in [3.8, 4) is 0 Å². The average molecular weight is 600 g/mol. The molecule has 14 heavy (non-hydrogen) atoms. The van der Waals surface area contributed by atoms with E-state index in [0.29, 0.717) is 0 Å². The van der Waals surface area contributed by atoms with Gasteiger partial charge in [0.15, 0.2) is 0 Å². The molecule has 0 aromatic carbocycles. The van der Waals surface area contributed by atoms with Crippen LogP contribution in [0.2, 0.25) is 0 Å². The molecule has 0 amide bonds. The quantitative estimate of drug-likeness (QED) is 0.357. The number of halogens is 2. The monoisotopic (exact) mass is 600 g/mol. The van der Waals surface area contributed by atoms with Gasteiger partial charge in [0.05, 0.1) is 0 Å². The van der Waals surface area contributed by atoms with Gasteiger partial charge in [-0.2, -0.15) is 1.33 Å². The minimum absolute atomic E-state index is 0.909. The van der Waals surface area contributed by atoms with E-state index in [1.54, 1.807) is 0 Å². The molecule has 0 N–H and O–H groups in total. The standard InChI is InChI=1S/C5H8N2.C3H5I2N.Pt/c1-6-3-4-7(2)5-6;4-6(5)3-1-2-3;/h3-4H,1-2H3;3H,1-2H2;. The van der Waals surface area contributed by atoms with Gasteiger partial charge in [-0.25, -0.2) is 0 Å². The van der Waals surface area contributed by atoms with Crippen LogP contribution in [-0.2, 0) is 33.4 Å². The number of hydrogen-bond acceptors (Lipinski definition) is 1. The number of imidazole rings is 1. The van der Waals surface area contributed by atoms with E-state index in [9.17, 15) is 0 Å². The topological polar surface area (TPSA) is 13.1 Å². The first kappa shape index (κ1) is 13.4. The van der Waals surface area contributed by atoms with Crippen LogP contribution >= 0.6 is 45.7 Å². The van der Waals surface area contributed by atoms with Gasteiger partial charge < -0.3 is 0 Å². The number of hydrogen-bond donors (Lipinski definition) is 0. The predicted molar refractivity (Wildman–Crippen MR) is 70.5 cm³/mol. The van der Waals surface area contributed by atoms with Crippen molar-refractivity contribution in [3.63, 3.8) is 0 Å². The second-order valence-electron chi connectivity index (χ2n) is 3.25. The van der Waals surface area contributed by atoms with Crippen LogP contribution in [0.3, 0.4) is 0 Å². The summed E-state index contributed by atoms with van der Waals surface area (Å²) in [5.74, 6) is 0. The molecular formula is C8H13I2N3Pt. The van der Waals surface area contributed by atoms with Gasteiger partial charge in [-0.3, -0.25) is 0 Å². The van der Waals surface area contributed by atoms with Crippen LogP contribution in [0.15, 0.2) is 12.4 Å². The molecule has 1 aliphatic rings. The smallest absolute Gasteiger partial charge is 0.0311 e. The average Bonchev–Trinajstić information content (AvgIpc) is 2.92. The fourth-order valence-corrected chi connectivity index (χ4v) is 2.29. The molecule has 1 aromatic heterocycles. The predicted octanol–water partition coefficient (Wildman–Crippen LogP) is 2.59. The van der Waals surface area contributed by atoms with Gasteiger partial charge in [0.25, 0.3) is 0 Å². The maximum absolute atomic E-state index is 2.31. The Morgan fingerprint density at radius 3 is 1.79 bits per heavy atom. The van der Waals surface area contributed by atoms with Crippen molar-refractivity contribution in [2.45, 2.75) is 18.9 Å². The van der Waals surface area contributed by atoms with E-state index < -0.39 is 0 Å². The van der Waals surface area contributed by atoms with E-state index in [1.807, 2.05) is 26.5 Å². The van der Waals surface area contributed by atoms with E-state index >= 15 is 0 Å². The Morgan fingerprint density at radius 2 is 1.71 bits per heavy atom. The summed E-state index contributed by atoms with van der Waals surface area (Å²) in [6.45, 7) is 0. The first-order chi connectivity index (χ1) is 6.52. The zero-order valence-electron chi connectivity index (χ0n) is 8.06. The molecule has 6 heteroatoms. The Labute approximate surface area is 123 Å². The molecule has 0 radical (unpaired) electrons. The van der Waals surface area contributed by atoms with E-state index in [-0.39, 0.29) is 0 Å². The van der Waals surface area contributed by atoms with Crippen LogP contribution in [0.25, 0.3) is 0 Å². The summed E-state index contributed by atoms with van der Waals surface area (Å²) in [6.07, 6.45) is 6.88. The van der Waals surface area contributed by atoms with Crippen molar-refractivity contribution in [3.05, 3.63) is 16.2 Å².